The summed E-state index contributed by atoms with van der Waals surface area (Å²) in [6, 6.07) is 5.46. The molecule has 0 radical (unpaired) electrons. The van der Waals surface area contributed by atoms with Crippen LogP contribution in [0.4, 0.5) is 0 Å². The van der Waals surface area contributed by atoms with Gasteiger partial charge in [0.2, 0.25) is 0 Å². The van der Waals surface area contributed by atoms with Crippen molar-refractivity contribution in [2.45, 2.75) is 38.3 Å². The average Bonchev–Trinajstić information content (AvgIpc) is 2.37. The van der Waals surface area contributed by atoms with Crippen LogP contribution in [0, 0.1) is 0 Å². The molecule has 1 rings (SSSR count). The fraction of sp³-hybridized carbons (Fsp3) is 0.538. The summed E-state index contributed by atoms with van der Waals surface area (Å²) >= 11 is 12.1. The standard InChI is InChI=1S/C13H20Cl2N2O/c1-3-4-13(18-2)12(17-16)8-9-7-10(14)5-6-11(9)15/h5-7,12-13,17H,3-4,8,16H2,1-2H3. The minimum atomic E-state index is 0.0194. The first-order valence-corrected chi connectivity index (χ1v) is 6.80. The lowest BCUT2D eigenvalue weighted by molar-refractivity contribution is 0.0609. The maximum Gasteiger partial charge on any atom is 0.0740 e. The van der Waals surface area contributed by atoms with Crippen LogP contribution in [-0.4, -0.2) is 19.3 Å². The minimum Gasteiger partial charge on any atom is -0.380 e. The normalized spacial score (nSPS) is 14.5. The van der Waals surface area contributed by atoms with Gasteiger partial charge in [-0.1, -0.05) is 36.5 Å². The number of ether oxygens (including phenoxy) is 1. The van der Waals surface area contributed by atoms with Gasteiger partial charge in [-0.2, -0.15) is 0 Å². The van der Waals surface area contributed by atoms with Crippen molar-refractivity contribution < 1.29 is 4.74 Å². The van der Waals surface area contributed by atoms with E-state index in [4.69, 9.17) is 33.8 Å². The molecule has 5 heteroatoms. The summed E-state index contributed by atoms with van der Waals surface area (Å²) in [6.45, 7) is 2.12. The van der Waals surface area contributed by atoms with E-state index in [1.165, 1.54) is 0 Å². The molecule has 0 amide bonds. The van der Waals surface area contributed by atoms with Gasteiger partial charge < -0.3 is 4.74 Å². The van der Waals surface area contributed by atoms with E-state index in [0.717, 1.165) is 18.4 Å². The van der Waals surface area contributed by atoms with Crippen molar-refractivity contribution in [1.29, 1.82) is 0 Å². The summed E-state index contributed by atoms with van der Waals surface area (Å²) < 4.78 is 5.47. The first-order valence-electron chi connectivity index (χ1n) is 6.05. The molecule has 2 unspecified atom stereocenters. The van der Waals surface area contributed by atoms with E-state index in [-0.39, 0.29) is 12.1 Å². The predicted molar refractivity (Wildman–Crippen MR) is 77.0 cm³/mol. The van der Waals surface area contributed by atoms with Gasteiger partial charge in [-0.3, -0.25) is 11.3 Å². The number of nitrogens with two attached hydrogens (primary N) is 1. The molecule has 0 aliphatic rings. The summed E-state index contributed by atoms with van der Waals surface area (Å²) in [5, 5.41) is 1.38. The largest absolute Gasteiger partial charge is 0.380 e. The molecule has 0 aromatic heterocycles. The molecule has 3 nitrogen and oxygen atoms in total. The van der Waals surface area contributed by atoms with Crippen molar-refractivity contribution in [1.82, 2.24) is 5.43 Å². The lowest BCUT2D eigenvalue weighted by Gasteiger charge is -2.25. The van der Waals surface area contributed by atoms with E-state index < -0.39 is 0 Å². The number of hydrogen-bond acceptors (Lipinski definition) is 3. The Morgan fingerprint density at radius 2 is 2.11 bits per heavy atom. The quantitative estimate of drug-likeness (QED) is 0.599. The Bertz CT molecular complexity index is 374. The van der Waals surface area contributed by atoms with Crippen LogP contribution in [0.15, 0.2) is 18.2 Å². The number of nitrogens with one attached hydrogen (secondary N) is 1. The highest BCUT2D eigenvalue weighted by Crippen LogP contribution is 2.23. The average molecular weight is 291 g/mol. The van der Waals surface area contributed by atoms with Gasteiger partial charge in [0.15, 0.2) is 0 Å². The van der Waals surface area contributed by atoms with E-state index in [9.17, 15) is 0 Å². The van der Waals surface area contributed by atoms with Crippen molar-refractivity contribution in [2.75, 3.05) is 7.11 Å². The highest BCUT2D eigenvalue weighted by molar-refractivity contribution is 6.33. The fourth-order valence-electron chi connectivity index (χ4n) is 2.00. The van der Waals surface area contributed by atoms with Crippen LogP contribution < -0.4 is 11.3 Å². The summed E-state index contributed by atoms with van der Waals surface area (Å²) in [5.41, 5.74) is 3.78. The lowest BCUT2D eigenvalue weighted by Crippen LogP contribution is -2.46. The second-order valence-electron chi connectivity index (χ2n) is 4.28. The van der Waals surface area contributed by atoms with Crippen LogP contribution >= 0.6 is 23.2 Å². The molecule has 0 saturated carbocycles. The molecule has 0 bridgehead atoms. The number of methoxy groups -OCH3 is 1. The molecular formula is C13H20Cl2N2O. The maximum atomic E-state index is 6.15. The molecule has 0 heterocycles. The molecule has 1 aromatic rings. The van der Waals surface area contributed by atoms with Crippen LogP contribution in [0.1, 0.15) is 25.3 Å². The van der Waals surface area contributed by atoms with Gasteiger partial charge in [-0.15, -0.1) is 0 Å². The SMILES string of the molecule is CCCC(OC)C(Cc1cc(Cl)ccc1Cl)NN. The Labute approximate surface area is 119 Å². The maximum absolute atomic E-state index is 6.15. The van der Waals surface area contributed by atoms with E-state index in [0.29, 0.717) is 16.5 Å². The zero-order valence-electron chi connectivity index (χ0n) is 10.7. The van der Waals surface area contributed by atoms with Crippen molar-refractivity contribution >= 4 is 23.2 Å². The smallest absolute Gasteiger partial charge is 0.0740 e. The highest BCUT2D eigenvalue weighted by atomic mass is 35.5. The van der Waals surface area contributed by atoms with Crippen LogP contribution in [0.5, 0.6) is 0 Å². The number of hydrazine groups is 1. The van der Waals surface area contributed by atoms with Gasteiger partial charge in [-0.05, 0) is 36.6 Å². The number of hydrogen-bond donors (Lipinski definition) is 2. The minimum absolute atomic E-state index is 0.0194. The molecule has 1 aromatic carbocycles. The molecule has 0 saturated heterocycles. The van der Waals surface area contributed by atoms with Crippen LogP contribution in [0.3, 0.4) is 0 Å². The molecule has 2 atom stereocenters. The first-order chi connectivity index (χ1) is 8.62. The fourth-order valence-corrected chi connectivity index (χ4v) is 2.39. The molecule has 18 heavy (non-hydrogen) atoms. The van der Waals surface area contributed by atoms with Gasteiger partial charge in [0.05, 0.1) is 12.1 Å². The van der Waals surface area contributed by atoms with Crippen LogP contribution in [0.25, 0.3) is 0 Å². The van der Waals surface area contributed by atoms with Crippen LogP contribution in [-0.2, 0) is 11.2 Å². The first kappa shape index (κ1) is 15.7. The highest BCUT2D eigenvalue weighted by Gasteiger charge is 2.20. The Morgan fingerprint density at radius 3 is 2.67 bits per heavy atom. The zero-order valence-corrected chi connectivity index (χ0v) is 12.3. The lowest BCUT2D eigenvalue weighted by atomic mass is 9.99. The second-order valence-corrected chi connectivity index (χ2v) is 5.12. The Hall–Kier alpha value is -0.320. The number of benzene rings is 1. The third-order valence-electron chi connectivity index (χ3n) is 2.99. The van der Waals surface area contributed by atoms with Crippen molar-refractivity contribution in [2.24, 2.45) is 5.84 Å². The molecule has 0 fully saturated rings. The Kier molecular flexibility index (Phi) is 6.97. The van der Waals surface area contributed by atoms with Gasteiger partial charge in [-0.25, -0.2) is 0 Å². The second kappa shape index (κ2) is 7.97. The summed E-state index contributed by atoms with van der Waals surface area (Å²) in [7, 11) is 1.70. The zero-order chi connectivity index (χ0) is 13.5. The predicted octanol–water partition coefficient (Wildman–Crippen LogP) is 3.18. The van der Waals surface area contributed by atoms with Gasteiger partial charge in [0.1, 0.15) is 0 Å². The third kappa shape index (κ3) is 4.41. The number of halogens is 2. The van der Waals surface area contributed by atoms with E-state index in [2.05, 4.69) is 12.3 Å². The molecular weight excluding hydrogens is 271 g/mol. The Morgan fingerprint density at radius 1 is 1.39 bits per heavy atom. The van der Waals surface area contributed by atoms with Crippen molar-refractivity contribution in [3.05, 3.63) is 33.8 Å². The summed E-state index contributed by atoms with van der Waals surface area (Å²) in [5.74, 6) is 5.61. The monoisotopic (exact) mass is 290 g/mol. The summed E-state index contributed by atoms with van der Waals surface area (Å²) in [6.07, 6.45) is 2.74. The molecule has 3 N–H and O–H groups in total. The van der Waals surface area contributed by atoms with E-state index in [1.54, 1.807) is 19.2 Å². The molecule has 0 spiro atoms. The van der Waals surface area contributed by atoms with Crippen LogP contribution in [0.2, 0.25) is 10.0 Å². The van der Waals surface area contributed by atoms with Crippen molar-refractivity contribution in [3.63, 3.8) is 0 Å². The van der Waals surface area contributed by atoms with Gasteiger partial charge >= 0.3 is 0 Å². The number of rotatable bonds is 7. The van der Waals surface area contributed by atoms with E-state index in [1.807, 2.05) is 6.07 Å². The summed E-state index contributed by atoms with van der Waals surface area (Å²) in [4.78, 5) is 0. The molecule has 0 aliphatic heterocycles. The third-order valence-corrected chi connectivity index (χ3v) is 3.59. The Balaban J connectivity index is 2.81. The molecule has 102 valence electrons. The van der Waals surface area contributed by atoms with Gasteiger partial charge in [0.25, 0.3) is 0 Å². The van der Waals surface area contributed by atoms with Crippen molar-refractivity contribution in [3.8, 4) is 0 Å². The van der Waals surface area contributed by atoms with E-state index >= 15 is 0 Å². The topological polar surface area (TPSA) is 47.3 Å². The van der Waals surface area contributed by atoms with Gasteiger partial charge in [0, 0.05) is 17.2 Å². The molecule has 0 aliphatic carbocycles.